The number of imidazole rings is 1. The summed E-state index contributed by atoms with van der Waals surface area (Å²) < 4.78 is 8.75. The lowest BCUT2D eigenvalue weighted by molar-refractivity contribution is -0.385. The van der Waals surface area contributed by atoms with Crippen molar-refractivity contribution in [1.29, 1.82) is 0 Å². The molecule has 0 unspecified atom stereocenters. The average molecular weight is 387 g/mol. The van der Waals surface area contributed by atoms with E-state index in [1.807, 2.05) is 6.92 Å². The molecule has 0 fully saturated rings. The molecule has 1 N–H and O–H groups in total. The zero-order chi connectivity index (χ0) is 20.4. The van der Waals surface area contributed by atoms with Gasteiger partial charge in [-0.1, -0.05) is 19.4 Å². The van der Waals surface area contributed by atoms with Crippen LogP contribution in [0.4, 0.5) is 5.69 Å². The number of nitro groups is 1. The molecule has 0 saturated heterocycles. The van der Waals surface area contributed by atoms with Crippen LogP contribution in [0.1, 0.15) is 31.2 Å². The summed E-state index contributed by atoms with van der Waals surface area (Å²) in [6.45, 7) is 4.06. The first-order chi connectivity index (χ1) is 13.3. The van der Waals surface area contributed by atoms with Gasteiger partial charge < -0.3 is 9.30 Å². The lowest BCUT2D eigenvalue weighted by Gasteiger charge is -2.09. The van der Waals surface area contributed by atoms with E-state index in [0.717, 1.165) is 12.8 Å². The van der Waals surface area contributed by atoms with Crippen LogP contribution in [0.25, 0.3) is 11.2 Å². The molecule has 28 heavy (non-hydrogen) atoms. The molecule has 2 heterocycles. The van der Waals surface area contributed by atoms with E-state index in [1.165, 1.54) is 10.6 Å². The summed E-state index contributed by atoms with van der Waals surface area (Å²) in [4.78, 5) is 41.8. The molecule has 0 radical (unpaired) electrons. The standard InChI is InChI=1S/C18H21N5O5/c1-4-5-9-22-16-15(17(24)20-18(22)25)21(3)14(19-16)10-28-13-8-6-7-12(11(13)2)23(26)27/h6-8H,4-5,9-10H2,1-3H3,(H,20,24,25). The maximum Gasteiger partial charge on any atom is 0.330 e. The van der Waals surface area contributed by atoms with Crippen molar-refractivity contribution in [1.82, 2.24) is 19.1 Å². The first-order valence-electron chi connectivity index (χ1n) is 8.90. The van der Waals surface area contributed by atoms with Crippen molar-refractivity contribution in [3.63, 3.8) is 0 Å². The van der Waals surface area contributed by atoms with Crippen LogP contribution in [-0.2, 0) is 20.2 Å². The van der Waals surface area contributed by atoms with E-state index in [9.17, 15) is 19.7 Å². The Balaban J connectivity index is 1.99. The molecule has 0 bridgehead atoms. The quantitative estimate of drug-likeness (QED) is 0.488. The van der Waals surface area contributed by atoms with Gasteiger partial charge in [0, 0.05) is 19.7 Å². The van der Waals surface area contributed by atoms with E-state index >= 15 is 0 Å². The second-order valence-corrected chi connectivity index (χ2v) is 6.47. The molecule has 0 aliphatic carbocycles. The highest BCUT2D eigenvalue weighted by atomic mass is 16.6. The van der Waals surface area contributed by atoms with Gasteiger partial charge in [0.2, 0.25) is 0 Å². The van der Waals surface area contributed by atoms with E-state index in [-0.39, 0.29) is 17.8 Å². The summed E-state index contributed by atoms with van der Waals surface area (Å²) in [5, 5.41) is 11.1. The van der Waals surface area contributed by atoms with Crippen molar-refractivity contribution in [3.8, 4) is 5.75 Å². The van der Waals surface area contributed by atoms with Gasteiger partial charge in [0.15, 0.2) is 11.2 Å². The maximum atomic E-state index is 12.3. The smallest absolute Gasteiger partial charge is 0.330 e. The summed E-state index contributed by atoms with van der Waals surface area (Å²) in [7, 11) is 1.66. The van der Waals surface area contributed by atoms with Crippen LogP contribution in [0.3, 0.4) is 0 Å². The third kappa shape index (κ3) is 3.40. The number of hydrogen-bond acceptors (Lipinski definition) is 6. The number of aryl methyl sites for hydroxylation is 2. The molecule has 0 aliphatic rings. The van der Waals surface area contributed by atoms with Crippen molar-refractivity contribution in [2.45, 2.75) is 39.8 Å². The minimum atomic E-state index is -0.513. The lowest BCUT2D eigenvalue weighted by Crippen LogP contribution is -2.31. The number of unbranched alkanes of at least 4 members (excludes halogenated alkanes) is 1. The van der Waals surface area contributed by atoms with E-state index in [0.29, 0.717) is 29.3 Å². The highest BCUT2D eigenvalue weighted by Gasteiger charge is 2.18. The SMILES string of the molecule is CCCCn1c(=O)[nH]c(=O)c2c1nc(COc1cccc([N+](=O)[O-])c1C)n2C. The van der Waals surface area contributed by atoms with E-state index in [2.05, 4.69) is 9.97 Å². The first-order valence-corrected chi connectivity index (χ1v) is 8.90. The van der Waals surface area contributed by atoms with Crippen molar-refractivity contribution in [3.05, 3.63) is 60.5 Å². The third-order valence-electron chi connectivity index (χ3n) is 4.65. The van der Waals surface area contributed by atoms with Crippen molar-refractivity contribution in [2.75, 3.05) is 0 Å². The molecule has 10 nitrogen and oxygen atoms in total. The predicted octanol–water partition coefficient (Wildman–Crippen LogP) is 2.02. The molecule has 1 aromatic carbocycles. The van der Waals surface area contributed by atoms with Gasteiger partial charge in [0.1, 0.15) is 18.2 Å². The fourth-order valence-corrected chi connectivity index (χ4v) is 3.04. The predicted molar refractivity (Wildman–Crippen MR) is 103 cm³/mol. The molecular weight excluding hydrogens is 366 g/mol. The van der Waals surface area contributed by atoms with E-state index in [4.69, 9.17) is 4.74 Å². The number of ether oxygens (including phenoxy) is 1. The van der Waals surface area contributed by atoms with Gasteiger partial charge in [0.25, 0.3) is 11.2 Å². The number of rotatable bonds is 7. The minimum Gasteiger partial charge on any atom is -0.485 e. The Morgan fingerprint density at radius 1 is 1.32 bits per heavy atom. The summed E-state index contributed by atoms with van der Waals surface area (Å²) in [6, 6.07) is 4.58. The molecular formula is C18H21N5O5. The number of nitro benzene ring substituents is 1. The molecule has 0 saturated carbocycles. The van der Waals surface area contributed by atoms with Gasteiger partial charge in [-0.3, -0.25) is 24.5 Å². The molecule has 3 aromatic rings. The summed E-state index contributed by atoms with van der Waals surface area (Å²) in [5.41, 5.74) is -0.0491. The van der Waals surface area contributed by atoms with Crippen LogP contribution in [0.2, 0.25) is 0 Å². The van der Waals surface area contributed by atoms with Gasteiger partial charge in [-0.2, -0.15) is 0 Å². The summed E-state index contributed by atoms with van der Waals surface area (Å²) in [6.07, 6.45) is 1.66. The van der Waals surface area contributed by atoms with Crippen LogP contribution in [0.5, 0.6) is 5.75 Å². The Labute approximate surface area is 159 Å². The maximum absolute atomic E-state index is 12.3. The van der Waals surface area contributed by atoms with Crippen molar-refractivity contribution < 1.29 is 9.66 Å². The number of nitrogens with one attached hydrogen (secondary N) is 1. The number of hydrogen-bond donors (Lipinski definition) is 1. The second kappa shape index (κ2) is 7.67. The van der Waals surface area contributed by atoms with Crippen molar-refractivity contribution in [2.24, 2.45) is 7.05 Å². The van der Waals surface area contributed by atoms with Crippen molar-refractivity contribution >= 4 is 16.9 Å². The number of fused-ring (bicyclic) bond motifs is 1. The van der Waals surface area contributed by atoms with Gasteiger partial charge in [0.05, 0.1) is 10.5 Å². The van der Waals surface area contributed by atoms with Crippen LogP contribution >= 0.6 is 0 Å². The van der Waals surface area contributed by atoms with Crippen LogP contribution in [0, 0.1) is 17.0 Å². The molecule has 2 aromatic heterocycles. The third-order valence-corrected chi connectivity index (χ3v) is 4.65. The average Bonchev–Trinajstić information content (AvgIpc) is 2.97. The fraction of sp³-hybridized carbons (Fsp3) is 0.389. The molecule has 3 rings (SSSR count). The van der Waals surface area contributed by atoms with Gasteiger partial charge >= 0.3 is 5.69 Å². The van der Waals surface area contributed by atoms with E-state index in [1.54, 1.807) is 30.7 Å². The highest BCUT2D eigenvalue weighted by molar-refractivity contribution is 5.70. The Bertz CT molecular complexity index is 1160. The molecule has 0 aliphatic heterocycles. The Hall–Kier alpha value is -3.43. The lowest BCUT2D eigenvalue weighted by atomic mass is 10.2. The summed E-state index contributed by atoms with van der Waals surface area (Å²) in [5.74, 6) is 0.792. The number of benzene rings is 1. The number of aromatic nitrogens is 4. The Kier molecular flexibility index (Phi) is 5.30. The molecule has 0 atom stereocenters. The zero-order valence-corrected chi connectivity index (χ0v) is 15.9. The topological polar surface area (TPSA) is 125 Å². The van der Waals surface area contributed by atoms with Gasteiger partial charge in [-0.05, 0) is 19.4 Å². The molecule has 148 valence electrons. The Morgan fingerprint density at radius 2 is 2.07 bits per heavy atom. The molecule has 10 heteroatoms. The fourth-order valence-electron chi connectivity index (χ4n) is 3.04. The number of H-pyrrole nitrogens is 1. The van der Waals surface area contributed by atoms with E-state index < -0.39 is 16.2 Å². The van der Waals surface area contributed by atoms with Gasteiger partial charge in [-0.25, -0.2) is 9.78 Å². The van der Waals surface area contributed by atoms with Crippen LogP contribution < -0.4 is 16.0 Å². The largest absolute Gasteiger partial charge is 0.485 e. The first kappa shape index (κ1) is 19.3. The van der Waals surface area contributed by atoms with Crippen LogP contribution in [-0.4, -0.2) is 24.0 Å². The normalized spacial score (nSPS) is 11.1. The Morgan fingerprint density at radius 3 is 2.75 bits per heavy atom. The minimum absolute atomic E-state index is 0.00536. The monoisotopic (exact) mass is 387 g/mol. The van der Waals surface area contributed by atoms with Gasteiger partial charge in [-0.15, -0.1) is 0 Å². The number of nitrogens with zero attached hydrogens (tertiary/aromatic N) is 4. The second-order valence-electron chi connectivity index (χ2n) is 6.47. The highest BCUT2D eigenvalue weighted by Crippen LogP contribution is 2.27. The zero-order valence-electron chi connectivity index (χ0n) is 15.9. The van der Waals surface area contributed by atoms with Crippen LogP contribution in [0.15, 0.2) is 27.8 Å². The molecule has 0 amide bonds. The molecule has 0 spiro atoms. The summed E-state index contributed by atoms with van der Waals surface area (Å²) >= 11 is 0. The number of aromatic amines is 1.